The van der Waals surface area contributed by atoms with Crippen molar-refractivity contribution >= 4 is 34.8 Å². The van der Waals surface area contributed by atoms with Gasteiger partial charge in [0.05, 0.1) is 15.7 Å². The van der Waals surface area contributed by atoms with Gasteiger partial charge in [-0.25, -0.2) is 0 Å². The highest BCUT2D eigenvalue weighted by Gasteiger charge is 2.54. The number of carbonyl (C=O) groups excluding carboxylic acids is 1. The number of hydrogen-bond acceptors (Lipinski definition) is 2. The Morgan fingerprint density at radius 3 is 2.11 bits per heavy atom. The second-order valence-electron chi connectivity index (χ2n) is 3.75. The minimum atomic E-state index is -4.88. The average Bonchev–Trinajstić information content (AvgIpc) is 2.21. The van der Waals surface area contributed by atoms with Gasteiger partial charge < -0.3 is 11.1 Å². The third-order valence-electron chi connectivity index (χ3n) is 2.26. The molecule has 0 fully saturated rings. The van der Waals surface area contributed by atoms with E-state index in [4.69, 9.17) is 28.9 Å². The number of hydrogen-bond donors (Lipinski definition) is 2. The summed E-state index contributed by atoms with van der Waals surface area (Å²) in [6.07, 6.45) is -4.88. The first-order chi connectivity index (χ1) is 8.07. The van der Waals surface area contributed by atoms with E-state index in [1.807, 2.05) is 5.32 Å². The molecule has 1 amide bonds. The number of carbonyl (C=O) groups is 1. The molecule has 0 aromatic heterocycles. The second kappa shape index (κ2) is 4.95. The smallest absolute Gasteiger partial charge is 0.322 e. The van der Waals surface area contributed by atoms with Gasteiger partial charge in [0.2, 0.25) is 0 Å². The molecule has 0 spiro atoms. The Morgan fingerprint density at radius 1 is 1.28 bits per heavy atom. The molecule has 18 heavy (non-hydrogen) atoms. The summed E-state index contributed by atoms with van der Waals surface area (Å²) in [5, 5.41) is 2.02. The number of nitrogens with one attached hydrogen (secondary N) is 1. The van der Waals surface area contributed by atoms with E-state index in [0.717, 1.165) is 0 Å². The molecular weight excluding hydrogens is 292 g/mol. The number of anilines is 1. The normalized spacial score (nSPS) is 15.1. The summed E-state index contributed by atoms with van der Waals surface area (Å²) >= 11 is 11.4. The third-order valence-corrected chi connectivity index (χ3v) is 2.89. The molecule has 8 heteroatoms. The zero-order valence-electron chi connectivity index (χ0n) is 9.11. The summed E-state index contributed by atoms with van der Waals surface area (Å²) in [5.41, 5.74) is 1.83. The molecule has 100 valence electrons. The molecule has 0 aliphatic carbocycles. The second-order valence-corrected chi connectivity index (χ2v) is 4.57. The molecule has 0 bridgehead atoms. The molecule has 0 aliphatic rings. The molecule has 3 N–H and O–H groups in total. The van der Waals surface area contributed by atoms with Crippen molar-refractivity contribution in [1.29, 1.82) is 0 Å². The summed E-state index contributed by atoms with van der Waals surface area (Å²) in [5.74, 6) is -1.44. The molecule has 0 saturated carbocycles. The van der Waals surface area contributed by atoms with Crippen LogP contribution >= 0.6 is 23.2 Å². The zero-order chi connectivity index (χ0) is 14.1. The Bertz CT molecular complexity index is 454. The van der Waals surface area contributed by atoms with Crippen LogP contribution in [0.25, 0.3) is 0 Å². The Kier molecular flexibility index (Phi) is 4.15. The van der Waals surface area contributed by atoms with E-state index in [2.05, 4.69) is 0 Å². The summed E-state index contributed by atoms with van der Waals surface area (Å²) < 4.78 is 37.6. The molecule has 1 rings (SSSR count). The predicted molar refractivity (Wildman–Crippen MR) is 63.7 cm³/mol. The summed E-state index contributed by atoms with van der Waals surface area (Å²) in [6, 6.07) is 4.25. The van der Waals surface area contributed by atoms with Gasteiger partial charge in [0.15, 0.2) is 5.54 Å². The molecule has 0 radical (unpaired) electrons. The van der Waals surface area contributed by atoms with Crippen LogP contribution in [0.5, 0.6) is 0 Å². The first-order valence-electron chi connectivity index (χ1n) is 4.68. The van der Waals surface area contributed by atoms with E-state index in [1.54, 1.807) is 0 Å². The first-order valence-corrected chi connectivity index (χ1v) is 5.44. The standard InChI is InChI=1S/C10H9Cl2F3N2O/c1-9(16,10(13,14)15)8(18)17-7-5(11)3-2-4-6(7)12/h2-4H,16H2,1H3,(H,17,18). The van der Waals surface area contributed by atoms with E-state index in [9.17, 15) is 18.0 Å². The molecule has 0 heterocycles. The first kappa shape index (κ1) is 15.1. The van der Waals surface area contributed by atoms with E-state index in [1.165, 1.54) is 18.2 Å². The van der Waals surface area contributed by atoms with Crippen LogP contribution in [0.4, 0.5) is 18.9 Å². The number of amides is 1. The molecule has 0 saturated heterocycles. The van der Waals surface area contributed by atoms with Gasteiger partial charge in [-0.1, -0.05) is 29.3 Å². The van der Waals surface area contributed by atoms with Gasteiger partial charge in [0, 0.05) is 0 Å². The minimum Gasteiger partial charge on any atom is -0.322 e. The summed E-state index contributed by atoms with van der Waals surface area (Å²) in [4.78, 5) is 11.5. The van der Waals surface area contributed by atoms with Gasteiger partial charge in [-0.2, -0.15) is 13.2 Å². The number of rotatable bonds is 2. The van der Waals surface area contributed by atoms with Crippen molar-refractivity contribution in [3.05, 3.63) is 28.2 Å². The topological polar surface area (TPSA) is 55.1 Å². The van der Waals surface area contributed by atoms with Crippen molar-refractivity contribution in [2.75, 3.05) is 5.32 Å². The molecule has 3 nitrogen and oxygen atoms in total. The van der Waals surface area contributed by atoms with Crippen LogP contribution in [-0.4, -0.2) is 17.6 Å². The third kappa shape index (κ3) is 2.88. The maximum Gasteiger partial charge on any atom is 0.415 e. The number of halogens is 5. The minimum absolute atomic E-state index is 0.0221. The number of para-hydroxylation sites is 1. The highest BCUT2D eigenvalue weighted by atomic mass is 35.5. The van der Waals surface area contributed by atoms with Crippen molar-refractivity contribution in [1.82, 2.24) is 0 Å². The van der Waals surface area contributed by atoms with E-state index in [0.29, 0.717) is 6.92 Å². The van der Waals surface area contributed by atoms with Crippen molar-refractivity contribution in [2.24, 2.45) is 5.73 Å². The highest BCUT2D eigenvalue weighted by molar-refractivity contribution is 6.39. The zero-order valence-corrected chi connectivity index (χ0v) is 10.6. The van der Waals surface area contributed by atoms with Crippen LogP contribution in [-0.2, 0) is 4.79 Å². The molecule has 1 unspecified atom stereocenters. The van der Waals surface area contributed by atoms with E-state index < -0.39 is 17.6 Å². The Morgan fingerprint density at radius 2 is 1.72 bits per heavy atom. The van der Waals surface area contributed by atoms with Crippen molar-refractivity contribution in [3.8, 4) is 0 Å². The molecule has 1 atom stereocenters. The van der Waals surface area contributed by atoms with E-state index in [-0.39, 0.29) is 15.7 Å². The van der Waals surface area contributed by atoms with Crippen molar-refractivity contribution < 1.29 is 18.0 Å². The van der Waals surface area contributed by atoms with Gasteiger partial charge in [0.25, 0.3) is 5.91 Å². The van der Waals surface area contributed by atoms with Gasteiger partial charge in [-0.3, -0.25) is 4.79 Å². The molecule has 1 aromatic rings. The fraction of sp³-hybridized carbons (Fsp3) is 0.300. The summed E-state index contributed by atoms with van der Waals surface area (Å²) in [6.45, 7) is 0.563. The molecule has 0 aliphatic heterocycles. The average molecular weight is 301 g/mol. The lowest BCUT2D eigenvalue weighted by molar-refractivity contribution is -0.184. The Labute approximate surface area is 111 Å². The lowest BCUT2D eigenvalue weighted by atomic mass is 10.0. The van der Waals surface area contributed by atoms with Crippen LogP contribution in [0.15, 0.2) is 18.2 Å². The Hall–Kier alpha value is -0.980. The van der Waals surface area contributed by atoms with Crippen LogP contribution in [0.1, 0.15) is 6.92 Å². The molecular formula is C10H9Cl2F3N2O. The fourth-order valence-electron chi connectivity index (χ4n) is 0.989. The van der Waals surface area contributed by atoms with Gasteiger partial charge in [0.1, 0.15) is 0 Å². The van der Waals surface area contributed by atoms with Gasteiger partial charge >= 0.3 is 6.18 Å². The SMILES string of the molecule is CC(N)(C(=O)Nc1c(Cl)cccc1Cl)C(F)(F)F. The number of alkyl halides is 3. The predicted octanol–water partition coefficient (Wildman–Crippen LogP) is 3.21. The maximum atomic E-state index is 12.5. The maximum absolute atomic E-state index is 12.5. The van der Waals surface area contributed by atoms with Crippen molar-refractivity contribution in [3.63, 3.8) is 0 Å². The lowest BCUT2D eigenvalue weighted by Gasteiger charge is -2.26. The highest BCUT2D eigenvalue weighted by Crippen LogP contribution is 2.33. The fourth-order valence-corrected chi connectivity index (χ4v) is 1.48. The van der Waals surface area contributed by atoms with Crippen molar-refractivity contribution in [2.45, 2.75) is 18.6 Å². The number of benzene rings is 1. The summed E-state index contributed by atoms with van der Waals surface area (Å²) in [7, 11) is 0. The largest absolute Gasteiger partial charge is 0.415 e. The van der Waals surface area contributed by atoms with Gasteiger partial charge in [-0.05, 0) is 19.1 Å². The van der Waals surface area contributed by atoms with Gasteiger partial charge in [-0.15, -0.1) is 0 Å². The quantitative estimate of drug-likeness (QED) is 0.881. The van der Waals surface area contributed by atoms with Crippen LogP contribution in [0.3, 0.4) is 0 Å². The van der Waals surface area contributed by atoms with Crippen LogP contribution in [0, 0.1) is 0 Å². The lowest BCUT2D eigenvalue weighted by Crippen LogP contribution is -2.59. The monoisotopic (exact) mass is 300 g/mol. The Balaban J connectivity index is 3.03. The number of nitrogens with two attached hydrogens (primary N) is 1. The molecule has 1 aromatic carbocycles. The van der Waals surface area contributed by atoms with Crippen LogP contribution < -0.4 is 11.1 Å². The van der Waals surface area contributed by atoms with E-state index >= 15 is 0 Å². The van der Waals surface area contributed by atoms with Crippen LogP contribution in [0.2, 0.25) is 10.0 Å².